The second-order valence-electron chi connectivity index (χ2n) is 6.12. The fourth-order valence-electron chi connectivity index (χ4n) is 3.00. The molecule has 0 spiro atoms. The Hall–Kier alpha value is -2.74. The number of amides is 1. The maximum Gasteiger partial charge on any atom is 0.337 e. The Labute approximate surface area is 179 Å². The molecule has 5 nitrogen and oxygen atoms in total. The number of ether oxygens (including phenoxy) is 1. The molecule has 0 saturated carbocycles. The van der Waals surface area contributed by atoms with Crippen LogP contribution in [0.5, 0.6) is 0 Å². The molecule has 8 heteroatoms. The first-order chi connectivity index (χ1) is 14.0. The lowest BCUT2D eigenvalue weighted by atomic mass is 10.2. The van der Waals surface area contributed by atoms with Crippen molar-refractivity contribution < 1.29 is 14.3 Å². The van der Waals surface area contributed by atoms with E-state index in [1.165, 1.54) is 29.8 Å². The van der Waals surface area contributed by atoms with Gasteiger partial charge in [0.25, 0.3) is 5.91 Å². The zero-order valence-electron chi connectivity index (χ0n) is 15.3. The van der Waals surface area contributed by atoms with Crippen LogP contribution < -0.4 is 4.80 Å². The molecular formula is C21H15ClN2O3S2. The number of halogens is 1. The minimum atomic E-state index is -0.415. The first-order valence-electron chi connectivity index (χ1n) is 8.62. The van der Waals surface area contributed by atoms with Gasteiger partial charge in [0.2, 0.25) is 0 Å². The van der Waals surface area contributed by atoms with Crippen molar-refractivity contribution in [1.82, 2.24) is 4.57 Å². The Morgan fingerprint density at radius 1 is 1.21 bits per heavy atom. The summed E-state index contributed by atoms with van der Waals surface area (Å²) in [5.74, 6) is -0.809. The Balaban J connectivity index is 1.86. The van der Waals surface area contributed by atoms with Gasteiger partial charge in [0, 0.05) is 16.6 Å². The van der Waals surface area contributed by atoms with Crippen molar-refractivity contribution in [2.45, 2.75) is 6.54 Å². The number of esters is 1. The van der Waals surface area contributed by atoms with Gasteiger partial charge in [0.1, 0.15) is 4.88 Å². The lowest BCUT2D eigenvalue weighted by molar-refractivity contribution is 0.0601. The first kappa shape index (κ1) is 19.6. The average Bonchev–Trinajstić information content (AvgIpc) is 3.25. The summed E-state index contributed by atoms with van der Waals surface area (Å²) in [4.78, 5) is 30.0. The predicted molar refractivity (Wildman–Crippen MR) is 118 cm³/mol. The van der Waals surface area contributed by atoms with Crippen LogP contribution >= 0.6 is 34.3 Å². The molecule has 0 bridgehead atoms. The van der Waals surface area contributed by atoms with E-state index in [0.717, 1.165) is 20.3 Å². The summed E-state index contributed by atoms with van der Waals surface area (Å²) in [6.07, 6.45) is 1.73. The summed E-state index contributed by atoms with van der Waals surface area (Å²) >= 11 is 9.08. The van der Waals surface area contributed by atoms with E-state index in [0.29, 0.717) is 26.8 Å². The zero-order valence-corrected chi connectivity index (χ0v) is 17.7. The van der Waals surface area contributed by atoms with E-state index in [4.69, 9.17) is 16.3 Å². The number of carbonyl (C=O) groups excluding carboxylic acids is 2. The number of allylic oxidation sites excluding steroid dienone is 1. The molecule has 0 fully saturated rings. The summed E-state index contributed by atoms with van der Waals surface area (Å²) in [7, 11) is 1.34. The third kappa shape index (κ3) is 3.53. The summed E-state index contributed by atoms with van der Waals surface area (Å²) in [5.41, 5.74) is 1.30. The molecule has 1 amide bonds. The molecule has 0 N–H and O–H groups in total. The van der Waals surface area contributed by atoms with Gasteiger partial charge in [-0.2, -0.15) is 4.99 Å². The molecule has 0 aliphatic heterocycles. The number of hydrogen-bond donors (Lipinski definition) is 0. The number of fused-ring (bicyclic) bond motifs is 2. The van der Waals surface area contributed by atoms with E-state index in [2.05, 4.69) is 11.6 Å². The standard InChI is InChI=1S/C21H15ClN2O3S2/c1-3-10-24-14-9-8-12(20(26)27-2)11-16(14)29-21(24)23-19(25)18-17(22)13-6-4-5-7-15(13)28-18/h3-9,11H,1,10H2,2H3. The SMILES string of the molecule is C=CCn1c(=NC(=O)c2sc3ccccc3c2Cl)sc2cc(C(=O)OC)ccc21. The van der Waals surface area contributed by atoms with Gasteiger partial charge in [-0.05, 0) is 24.3 Å². The second kappa shape index (κ2) is 7.94. The molecule has 0 atom stereocenters. The molecule has 4 aromatic rings. The number of carbonyl (C=O) groups is 2. The van der Waals surface area contributed by atoms with E-state index in [9.17, 15) is 9.59 Å². The highest BCUT2D eigenvalue weighted by atomic mass is 35.5. The van der Waals surface area contributed by atoms with Crippen molar-refractivity contribution in [2.75, 3.05) is 7.11 Å². The molecule has 4 rings (SSSR count). The van der Waals surface area contributed by atoms with Gasteiger partial charge < -0.3 is 9.30 Å². The van der Waals surface area contributed by atoms with Crippen LogP contribution in [-0.4, -0.2) is 23.6 Å². The molecule has 2 heterocycles. The van der Waals surface area contributed by atoms with Crippen molar-refractivity contribution in [3.05, 3.63) is 75.4 Å². The number of thiophene rings is 1. The summed E-state index contributed by atoms with van der Waals surface area (Å²) in [6.45, 7) is 4.26. The normalized spacial score (nSPS) is 11.9. The van der Waals surface area contributed by atoms with Gasteiger partial charge in [-0.1, -0.05) is 47.2 Å². The minimum absolute atomic E-state index is 0.395. The Morgan fingerprint density at radius 3 is 2.72 bits per heavy atom. The lowest BCUT2D eigenvalue weighted by Gasteiger charge is -2.02. The number of methoxy groups -OCH3 is 1. The van der Waals surface area contributed by atoms with E-state index in [1.807, 2.05) is 34.9 Å². The Kier molecular flexibility index (Phi) is 5.36. The lowest BCUT2D eigenvalue weighted by Crippen LogP contribution is -2.16. The summed E-state index contributed by atoms with van der Waals surface area (Å²) in [5, 5.41) is 1.26. The van der Waals surface area contributed by atoms with Gasteiger partial charge >= 0.3 is 5.97 Å². The second-order valence-corrected chi connectivity index (χ2v) is 8.56. The van der Waals surface area contributed by atoms with Crippen LogP contribution in [0.25, 0.3) is 20.3 Å². The monoisotopic (exact) mass is 442 g/mol. The predicted octanol–water partition coefficient (Wildman–Crippen LogP) is 5.28. The quantitative estimate of drug-likeness (QED) is 0.319. The molecular weight excluding hydrogens is 428 g/mol. The first-order valence-corrected chi connectivity index (χ1v) is 10.6. The highest BCUT2D eigenvalue weighted by Crippen LogP contribution is 2.35. The molecule has 0 aliphatic rings. The highest BCUT2D eigenvalue weighted by molar-refractivity contribution is 7.21. The van der Waals surface area contributed by atoms with Crippen molar-refractivity contribution in [3.8, 4) is 0 Å². The third-order valence-electron chi connectivity index (χ3n) is 4.34. The summed E-state index contributed by atoms with van der Waals surface area (Å²) in [6, 6.07) is 12.8. The number of aromatic nitrogens is 1. The van der Waals surface area contributed by atoms with Crippen LogP contribution in [0.4, 0.5) is 0 Å². The number of nitrogens with zero attached hydrogens (tertiary/aromatic N) is 2. The molecule has 0 saturated heterocycles. The number of rotatable bonds is 4. The van der Waals surface area contributed by atoms with Crippen LogP contribution in [0.1, 0.15) is 20.0 Å². The van der Waals surface area contributed by atoms with Gasteiger partial charge in [-0.25, -0.2) is 4.79 Å². The molecule has 2 aromatic heterocycles. The van der Waals surface area contributed by atoms with Crippen molar-refractivity contribution in [1.29, 1.82) is 0 Å². The molecule has 0 unspecified atom stereocenters. The van der Waals surface area contributed by atoms with Crippen LogP contribution in [0, 0.1) is 0 Å². The largest absolute Gasteiger partial charge is 0.465 e. The van der Waals surface area contributed by atoms with Crippen molar-refractivity contribution in [3.63, 3.8) is 0 Å². The van der Waals surface area contributed by atoms with E-state index < -0.39 is 11.9 Å². The maximum atomic E-state index is 12.9. The number of thiazole rings is 1. The van der Waals surface area contributed by atoms with Gasteiger partial charge in [0.05, 0.1) is 27.9 Å². The highest BCUT2D eigenvalue weighted by Gasteiger charge is 2.17. The van der Waals surface area contributed by atoms with Crippen molar-refractivity contribution >= 4 is 66.5 Å². The van der Waals surface area contributed by atoms with Crippen molar-refractivity contribution in [2.24, 2.45) is 4.99 Å². The van der Waals surface area contributed by atoms with Gasteiger partial charge in [-0.15, -0.1) is 17.9 Å². The topological polar surface area (TPSA) is 60.7 Å². The molecule has 2 aromatic carbocycles. The van der Waals surface area contributed by atoms with Crippen LogP contribution in [-0.2, 0) is 11.3 Å². The van der Waals surface area contributed by atoms with Gasteiger partial charge in [0.15, 0.2) is 4.80 Å². The number of hydrogen-bond acceptors (Lipinski definition) is 5. The fraction of sp³-hybridized carbons (Fsp3) is 0.0952. The summed E-state index contributed by atoms with van der Waals surface area (Å²) < 4.78 is 8.43. The molecule has 29 heavy (non-hydrogen) atoms. The Bertz CT molecular complexity index is 1350. The molecule has 0 radical (unpaired) electrons. The van der Waals surface area contributed by atoms with Crippen LogP contribution in [0.3, 0.4) is 0 Å². The average molecular weight is 443 g/mol. The Morgan fingerprint density at radius 2 is 2.00 bits per heavy atom. The third-order valence-corrected chi connectivity index (χ3v) is 7.05. The maximum absolute atomic E-state index is 12.9. The van der Waals surface area contributed by atoms with E-state index in [1.54, 1.807) is 18.2 Å². The number of benzene rings is 2. The fourth-order valence-corrected chi connectivity index (χ4v) is 5.47. The molecule has 146 valence electrons. The molecule has 0 aliphatic carbocycles. The van der Waals surface area contributed by atoms with E-state index in [-0.39, 0.29) is 0 Å². The van der Waals surface area contributed by atoms with E-state index >= 15 is 0 Å². The zero-order chi connectivity index (χ0) is 20.5. The smallest absolute Gasteiger partial charge is 0.337 e. The van der Waals surface area contributed by atoms with Gasteiger partial charge in [-0.3, -0.25) is 4.79 Å². The van der Waals surface area contributed by atoms with Crippen LogP contribution in [0.2, 0.25) is 5.02 Å². The minimum Gasteiger partial charge on any atom is -0.465 e. The van der Waals surface area contributed by atoms with Crippen LogP contribution in [0.15, 0.2) is 60.1 Å².